The van der Waals surface area contributed by atoms with E-state index in [0.717, 1.165) is 24.8 Å². The van der Waals surface area contributed by atoms with Gasteiger partial charge in [-0.2, -0.15) is 0 Å². The zero-order chi connectivity index (χ0) is 11.1. The van der Waals surface area contributed by atoms with E-state index < -0.39 is 0 Å². The molecular weight excluding hydrogens is 188 g/mol. The molecule has 0 spiro atoms. The van der Waals surface area contributed by atoms with Crippen LogP contribution in [0.2, 0.25) is 0 Å². The molecule has 80 valence electrons. The summed E-state index contributed by atoms with van der Waals surface area (Å²) in [4.78, 5) is 4.10. The lowest BCUT2D eigenvalue weighted by molar-refractivity contribution is 0.386. The Hall–Kier alpha value is -1.53. The van der Waals surface area contributed by atoms with Gasteiger partial charge in [0.15, 0.2) is 0 Å². The molecule has 2 N–H and O–H groups in total. The van der Waals surface area contributed by atoms with Gasteiger partial charge in [-0.25, -0.2) is 4.98 Å². The van der Waals surface area contributed by atoms with Gasteiger partial charge < -0.3 is 10.5 Å². The average molecular weight is 204 g/mol. The zero-order valence-electron chi connectivity index (χ0n) is 8.94. The van der Waals surface area contributed by atoms with Crippen molar-refractivity contribution in [3.05, 3.63) is 23.9 Å². The fourth-order valence-corrected chi connectivity index (χ4v) is 1.44. The monoisotopic (exact) mass is 204 g/mol. The molecule has 0 aliphatic rings. The molecule has 3 heteroatoms. The van der Waals surface area contributed by atoms with Crippen LogP contribution >= 0.6 is 0 Å². The quantitative estimate of drug-likeness (QED) is 0.588. The third-order valence-corrected chi connectivity index (χ3v) is 2.23. The van der Waals surface area contributed by atoms with Crippen molar-refractivity contribution < 1.29 is 4.74 Å². The van der Waals surface area contributed by atoms with Gasteiger partial charge in [-0.3, -0.25) is 0 Å². The highest BCUT2D eigenvalue weighted by Gasteiger charge is 2.11. The molecule has 0 amide bonds. The van der Waals surface area contributed by atoms with Crippen LogP contribution in [0.3, 0.4) is 0 Å². The number of methoxy groups -OCH3 is 1. The van der Waals surface area contributed by atoms with Crippen LogP contribution in [0.1, 0.15) is 30.9 Å². The lowest BCUT2D eigenvalue weighted by atomic mass is 10.0. The summed E-state index contributed by atoms with van der Waals surface area (Å²) in [7, 11) is 1.60. The summed E-state index contributed by atoms with van der Waals surface area (Å²) in [6.45, 7) is 0. The molecule has 0 bridgehead atoms. The second kappa shape index (κ2) is 6.05. The second-order valence-electron chi connectivity index (χ2n) is 3.30. The third kappa shape index (κ3) is 3.26. The normalized spacial score (nSPS) is 11.8. The van der Waals surface area contributed by atoms with Crippen LogP contribution in [0.25, 0.3) is 0 Å². The van der Waals surface area contributed by atoms with Gasteiger partial charge in [-0.1, -0.05) is 6.07 Å². The Morgan fingerprint density at radius 3 is 3.13 bits per heavy atom. The van der Waals surface area contributed by atoms with Gasteiger partial charge in [0.2, 0.25) is 5.88 Å². The highest BCUT2D eigenvalue weighted by molar-refractivity contribution is 5.28. The molecule has 0 saturated carbocycles. The first-order valence-corrected chi connectivity index (χ1v) is 4.97. The Kier molecular flexibility index (Phi) is 4.65. The highest BCUT2D eigenvalue weighted by Crippen LogP contribution is 2.23. The maximum atomic E-state index is 6.02. The largest absolute Gasteiger partial charge is 0.481 e. The number of rotatable bonds is 5. The average Bonchev–Trinajstić information content (AvgIpc) is 2.29. The summed E-state index contributed by atoms with van der Waals surface area (Å²) in [5.74, 6) is 3.20. The van der Waals surface area contributed by atoms with E-state index >= 15 is 0 Å². The third-order valence-electron chi connectivity index (χ3n) is 2.23. The molecule has 1 aromatic rings. The predicted octanol–water partition coefficient (Wildman–Crippen LogP) is 1.89. The van der Waals surface area contributed by atoms with E-state index in [9.17, 15) is 0 Å². The van der Waals surface area contributed by atoms with Crippen LogP contribution in [0, 0.1) is 12.3 Å². The molecule has 1 atom stereocenters. The predicted molar refractivity (Wildman–Crippen MR) is 60.4 cm³/mol. The molecule has 1 aromatic heterocycles. The second-order valence-corrected chi connectivity index (χ2v) is 3.30. The van der Waals surface area contributed by atoms with Crippen LogP contribution in [0.5, 0.6) is 5.88 Å². The molecule has 0 radical (unpaired) electrons. The Bertz CT molecular complexity index is 344. The maximum absolute atomic E-state index is 6.02. The first-order valence-electron chi connectivity index (χ1n) is 4.97. The molecule has 0 aliphatic heterocycles. The smallest absolute Gasteiger partial charge is 0.217 e. The maximum Gasteiger partial charge on any atom is 0.217 e. The standard InChI is InChI=1S/C12H16N2O/c1-3-4-5-8-11(13)10-7-6-9-14-12(10)15-2/h1,6-7,9,11H,4-5,8,13H2,2H3. The summed E-state index contributed by atoms with van der Waals surface area (Å²) >= 11 is 0. The van der Waals surface area contributed by atoms with Crippen LogP contribution < -0.4 is 10.5 Å². The number of hydrogen-bond acceptors (Lipinski definition) is 3. The summed E-state index contributed by atoms with van der Waals surface area (Å²) in [5, 5.41) is 0. The molecule has 1 unspecified atom stereocenters. The van der Waals surface area contributed by atoms with Crippen molar-refractivity contribution in [1.82, 2.24) is 4.98 Å². The number of nitrogens with zero attached hydrogens (tertiary/aromatic N) is 1. The minimum absolute atomic E-state index is 0.0537. The minimum atomic E-state index is -0.0537. The van der Waals surface area contributed by atoms with Gasteiger partial charge in [0.1, 0.15) is 0 Å². The SMILES string of the molecule is C#CCCCC(N)c1cccnc1OC. The van der Waals surface area contributed by atoms with E-state index in [1.165, 1.54) is 0 Å². The van der Waals surface area contributed by atoms with Crippen molar-refractivity contribution in [2.45, 2.75) is 25.3 Å². The summed E-state index contributed by atoms with van der Waals surface area (Å²) in [6, 6.07) is 3.74. The number of nitrogens with two attached hydrogens (primary N) is 1. The summed E-state index contributed by atoms with van der Waals surface area (Å²) in [5.41, 5.74) is 6.97. The molecular formula is C12H16N2O. The Balaban J connectivity index is 2.64. The number of ether oxygens (including phenoxy) is 1. The van der Waals surface area contributed by atoms with Crippen LogP contribution in [0.15, 0.2) is 18.3 Å². The van der Waals surface area contributed by atoms with Gasteiger partial charge in [-0.05, 0) is 18.9 Å². The number of pyridine rings is 1. The highest BCUT2D eigenvalue weighted by atomic mass is 16.5. The molecule has 1 heterocycles. The van der Waals surface area contributed by atoms with Gasteiger partial charge in [0.25, 0.3) is 0 Å². The fourth-order valence-electron chi connectivity index (χ4n) is 1.44. The van der Waals surface area contributed by atoms with Crippen LogP contribution in [-0.2, 0) is 0 Å². The molecule has 15 heavy (non-hydrogen) atoms. The van der Waals surface area contributed by atoms with Gasteiger partial charge in [0.05, 0.1) is 7.11 Å². The molecule has 0 aliphatic carbocycles. The van der Waals surface area contributed by atoms with Crippen LogP contribution in [0.4, 0.5) is 0 Å². The van der Waals surface area contributed by atoms with Crippen molar-refractivity contribution in [2.75, 3.05) is 7.11 Å². The van der Waals surface area contributed by atoms with Gasteiger partial charge in [-0.15, -0.1) is 12.3 Å². The van der Waals surface area contributed by atoms with E-state index in [1.807, 2.05) is 12.1 Å². The summed E-state index contributed by atoms with van der Waals surface area (Å²) in [6.07, 6.45) is 9.41. The number of hydrogen-bond donors (Lipinski definition) is 1. The van der Waals surface area contributed by atoms with Crippen molar-refractivity contribution in [2.24, 2.45) is 5.73 Å². The molecule has 3 nitrogen and oxygen atoms in total. The van der Waals surface area contributed by atoms with E-state index in [0.29, 0.717) is 5.88 Å². The first-order chi connectivity index (χ1) is 7.29. The fraction of sp³-hybridized carbons (Fsp3) is 0.417. The van der Waals surface area contributed by atoms with Gasteiger partial charge in [0, 0.05) is 24.2 Å². The van der Waals surface area contributed by atoms with E-state index in [2.05, 4.69) is 10.9 Å². The number of unbranched alkanes of at least 4 members (excludes halogenated alkanes) is 1. The molecule has 0 saturated heterocycles. The minimum Gasteiger partial charge on any atom is -0.481 e. The number of aromatic nitrogens is 1. The molecule has 0 fully saturated rings. The lowest BCUT2D eigenvalue weighted by Crippen LogP contribution is -2.12. The Morgan fingerprint density at radius 1 is 1.67 bits per heavy atom. The first kappa shape index (κ1) is 11.5. The molecule has 1 rings (SSSR count). The van der Waals surface area contributed by atoms with E-state index in [1.54, 1.807) is 13.3 Å². The molecule has 0 aromatic carbocycles. The van der Waals surface area contributed by atoms with Crippen molar-refractivity contribution in [3.8, 4) is 18.2 Å². The number of terminal acetylenes is 1. The van der Waals surface area contributed by atoms with E-state index in [-0.39, 0.29) is 6.04 Å². The topological polar surface area (TPSA) is 48.1 Å². The van der Waals surface area contributed by atoms with Crippen molar-refractivity contribution >= 4 is 0 Å². The van der Waals surface area contributed by atoms with Crippen molar-refractivity contribution in [1.29, 1.82) is 0 Å². The van der Waals surface area contributed by atoms with Crippen LogP contribution in [-0.4, -0.2) is 12.1 Å². The summed E-state index contributed by atoms with van der Waals surface area (Å²) < 4.78 is 5.14. The zero-order valence-corrected chi connectivity index (χ0v) is 8.94. The Labute approximate surface area is 90.7 Å². The van der Waals surface area contributed by atoms with Crippen molar-refractivity contribution in [3.63, 3.8) is 0 Å². The lowest BCUT2D eigenvalue weighted by Gasteiger charge is -2.13. The van der Waals surface area contributed by atoms with Gasteiger partial charge >= 0.3 is 0 Å². The van der Waals surface area contributed by atoms with E-state index in [4.69, 9.17) is 16.9 Å². The Morgan fingerprint density at radius 2 is 2.47 bits per heavy atom.